The van der Waals surface area contributed by atoms with Gasteiger partial charge in [0.1, 0.15) is 0 Å². The van der Waals surface area contributed by atoms with Crippen molar-refractivity contribution in [2.45, 2.75) is 13.0 Å². The number of aliphatic hydroxyl groups excluding tert-OH is 1. The number of carbonyl (C=O) groups excluding carboxylic acids is 1. The minimum atomic E-state index is -0.186. The zero-order chi connectivity index (χ0) is 15.9. The third kappa shape index (κ3) is 4.09. The van der Waals surface area contributed by atoms with Gasteiger partial charge in [-0.15, -0.1) is 0 Å². The van der Waals surface area contributed by atoms with Gasteiger partial charge < -0.3 is 15.3 Å². The lowest BCUT2D eigenvalue weighted by molar-refractivity contribution is 0.188. The van der Waals surface area contributed by atoms with Gasteiger partial charge in [0.25, 0.3) is 0 Å². The van der Waals surface area contributed by atoms with Crippen molar-refractivity contribution in [3.05, 3.63) is 60.2 Å². The van der Waals surface area contributed by atoms with Crippen molar-refractivity contribution in [3.8, 4) is 11.1 Å². The minimum Gasteiger partial charge on any atom is -0.395 e. The molecule has 4 heteroatoms. The fourth-order valence-corrected chi connectivity index (χ4v) is 2.23. The zero-order valence-corrected chi connectivity index (χ0v) is 13.0. The van der Waals surface area contributed by atoms with E-state index in [0.717, 1.165) is 11.1 Å². The van der Waals surface area contributed by atoms with Crippen LogP contribution in [0.1, 0.15) is 18.5 Å². The largest absolute Gasteiger partial charge is 0.395 e. The fourth-order valence-electron chi connectivity index (χ4n) is 2.23. The molecule has 116 valence electrons. The lowest BCUT2D eigenvalue weighted by Gasteiger charge is -2.21. The van der Waals surface area contributed by atoms with Crippen LogP contribution in [0.4, 0.5) is 4.79 Å². The molecule has 4 nitrogen and oxygen atoms in total. The van der Waals surface area contributed by atoms with E-state index in [9.17, 15) is 4.79 Å². The number of rotatable bonds is 5. The van der Waals surface area contributed by atoms with Crippen molar-refractivity contribution in [1.29, 1.82) is 0 Å². The van der Waals surface area contributed by atoms with Crippen LogP contribution in [-0.4, -0.2) is 36.2 Å². The standard InChI is InChI=1S/C18H22N2O2/c1-14(19-18(22)20(2)12-13-21)15-8-10-17(11-9-15)16-6-4-3-5-7-16/h3-11,14,21H,12-13H2,1-2H3,(H,19,22). The summed E-state index contributed by atoms with van der Waals surface area (Å²) in [5.41, 5.74) is 3.37. The Morgan fingerprint density at radius 1 is 1.09 bits per heavy atom. The van der Waals surface area contributed by atoms with E-state index < -0.39 is 0 Å². The predicted octanol–water partition coefficient (Wildman–Crippen LogP) is 3.05. The van der Waals surface area contributed by atoms with E-state index in [2.05, 4.69) is 29.6 Å². The highest BCUT2D eigenvalue weighted by atomic mass is 16.3. The normalized spacial score (nSPS) is 11.8. The maximum absolute atomic E-state index is 11.9. The van der Waals surface area contributed by atoms with Crippen molar-refractivity contribution >= 4 is 6.03 Å². The van der Waals surface area contributed by atoms with E-state index in [4.69, 9.17) is 5.11 Å². The van der Waals surface area contributed by atoms with E-state index in [0.29, 0.717) is 6.54 Å². The number of likely N-dealkylation sites (N-methyl/N-ethyl adjacent to an activating group) is 1. The molecule has 0 saturated carbocycles. The summed E-state index contributed by atoms with van der Waals surface area (Å²) in [6, 6.07) is 18.1. The maximum atomic E-state index is 11.9. The van der Waals surface area contributed by atoms with E-state index in [1.54, 1.807) is 7.05 Å². The second kappa shape index (κ2) is 7.61. The van der Waals surface area contributed by atoms with Crippen molar-refractivity contribution in [2.24, 2.45) is 0 Å². The van der Waals surface area contributed by atoms with Crippen LogP contribution >= 0.6 is 0 Å². The Bertz CT molecular complexity index is 596. The number of urea groups is 1. The van der Waals surface area contributed by atoms with Gasteiger partial charge in [-0.25, -0.2) is 4.79 Å². The first kappa shape index (κ1) is 16.0. The zero-order valence-electron chi connectivity index (χ0n) is 13.0. The molecule has 0 aromatic heterocycles. The quantitative estimate of drug-likeness (QED) is 0.891. The molecule has 2 aromatic carbocycles. The SMILES string of the molecule is CC(NC(=O)N(C)CCO)c1ccc(-c2ccccc2)cc1. The van der Waals surface area contributed by atoms with Crippen LogP contribution in [0.25, 0.3) is 11.1 Å². The van der Waals surface area contributed by atoms with Gasteiger partial charge in [-0.2, -0.15) is 0 Å². The molecular formula is C18H22N2O2. The van der Waals surface area contributed by atoms with Gasteiger partial charge in [-0.1, -0.05) is 54.6 Å². The van der Waals surface area contributed by atoms with E-state index in [1.807, 2.05) is 37.3 Å². The van der Waals surface area contributed by atoms with Gasteiger partial charge in [-0.05, 0) is 23.6 Å². The Balaban J connectivity index is 2.02. The minimum absolute atomic E-state index is 0.0376. The molecule has 2 amide bonds. The Labute approximate surface area is 131 Å². The number of aliphatic hydroxyl groups is 1. The Morgan fingerprint density at radius 2 is 1.68 bits per heavy atom. The van der Waals surface area contributed by atoms with Crippen LogP contribution in [0.3, 0.4) is 0 Å². The molecule has 1 atom stereocenters. The molecule has 2 aromatic rings. The third-order valence-corrected chi connectivity index (χ3v) is 3.64. The van der Waals surface area contributed by atoms with Crippen LogP contribution in [0.15, 0.2) is 54.6 Å². The average molecular weight is 298 g/mol. The molecule has 22 heavy (non-hydrogen) atoms. The molecule has 0 saturated heterocycles. The topological polar surface area (TPSA) is 52.6 Å². The van der Waals surface area contributed by atoms with Crippen molar-refractivity contribution < 1.29 is 9.90 Å². The number of hydrogen-bond donors (Lipinski definition) is 2. The molecule has 2 rings (SSSR count). The molecular weight excluding hydrogens is 276 g/mol. The molecule has 0 fully saturated rings. The van der Waals surface area contributed by atoms with E-state index in [1.165, 1.54) is 10.5 Å². The van der Waals surface area contributed by atoms with Crippen molar-refractivity contribution in [2.75, 3.05) is 20.2 Å². The average Bonchev–Trinajstić information content (AvgIpc) is 2.56. The van der Waals surface area contributed by atoms with Crippen LogP contribution < -0.4 is 5.32 Å². The van der Waals surface area contributed by atoms with E-state index in [-0.39, 0.29) is 18.7 Å². The highest BCUT2D eigenvalue weighted by Crippen LogP contribution is 2.21. The summed E-state index contributed by atoms with van der Waals surface area (Å²) in [6.07, 6.45) is 0. The maximum Gasteiger partial charge on any atom is 0.317 e. The first-order valence-electron chi connectivity index (χ1n) is 7.39. The van der Waals surface area contributed by atoms with Crippen molar-refractivity contribution in [1.82, 2.24) is 10.2 Å². The molecule has 0 aliphatic carbocycles. The number of benzene rings is 2. The molecule has 0 bridgehead atoms. The molecule has 0 aliphatic rings. The lowest BCUT2D eigenvalue weighted by atomic mass is 10.0. The molecule has 0 heterocycles. The predicted molar refractivity (Wildman–Crippen MR) is 88.5 cm³/mol. The first-order chi connectivity index (χ1) is 10.6. The smallest absolute Gasteiger partial charge is 0.317 e. The number of carbonyl (C=O) groups is 1. The lowest BCUT2D eigenvalue weighted by Crippen LogP contribution is -2.39. The highest BCUT2D eigenvalue weighted by Gasteiger charge is 2.12. The van der Waals surface area contributed by atoms with Gasteiger partial charge in [0.15, 0.2) is 0 Å². The summed E-state index contributed by atoms with van der Waals surface area (Å²) in [5, 5.41) is 11.8. The number of hydrogen-bond acceptors (Lipinski definition) is 2. The molecule has 0 radical (unpaired) electrons. The van der Waals surface area contributed by atoms with Crippen molar-refractivity contribution in [3.63, 3.8) is 0 Å². The summed E-state index contributed by atoms with van der Waals surface area (Å²) in [4.78, 5) is 13.4. The van der Waals surface area contributed by atoms with Gasteiger partial charge in [-0.3, -0.25) is 0 Å². The van der Waals surface area contributed by atoms with E-state index >= 15 is 0 Å². The molecule has 1 unspecified atom stereocenters. The third-order valence-electron chi connectivity index (χ3n) is 3.64. The Kier molecular flexibility index (Phi) is 5.55. The van der Waals surface area contributed by atoms with Crippen LogP contribution in [0, 0.1) is 0 Å². The van der Waals surface area contributed by atoms with Crippen LogP contribution in [0.2, 0.25) is 0 Å². The summed E-state index contributed by atoms with van der Waals surface area (Å²) in [5.74, 6) is 0. The Morgan fingerprint density at radius 3 is 2.27 bits per heavy atom. The molecule has 0 spiro atoms. The Hall–Kier alpha value is -2.33. The second-order valence-corrected chi connectivity index (χ2v) is 5.30. The van der Waals surface area contributed by atoms with Gasteiger partial charge in [0.2, 0.25) is 0 Å². The monoisotopic (exact) mass is 298 g/mol. The highest BCUT2D eigenvalue weighted by molar-refractivity contribution is 5.74. The fraction of sp³-hybridized carbons (Fsp3) is 0.278. The molecule has 2 N–H and O–H groups in total. The van der Waals surface area contributed by atoms with Gasteiger partial charge in [0, 0.05) is 13.6 Å². The summed E-state index contributed by atoms with van der Waals surface area (Å²) in [6.45, 7) is 2.23. The number of nitrogens with one attached hydrogen (secondary N) is 1. The van der Waals surface area contributed by atoms with Crippen LogP contribution in [0.5, 0.6) is 0 Å². The number of nitrogens with zero attached hydrogens (tertiary/aromatic N) is 1. The second-order valence-electron chi connectivity index (χ2n) is 5.30. The molecule has 0 aliphatic heterocycles. The van der Waals surface area contributed by atoms with Gasteiger partial charge in [0.05, 0.1) is 12.6 Å². The van der Waals surface area contributed by atoms with Crippen LogP contribution in [-0.2, 0) is 0 Å². The summed E-state index contributed by atoms with van der Waals surface area (Å²) < 4.78 is 0. The summed E-state index contributed by atoms with van der Waals surface area (Å²) in [7, 11) is 1.66. The first-order valence-corrected chi connectivity index (χ1v) is 7.39. The summed E-state index contributed by atoms with van der Waals surface area (Å²) >= 11 is 0. The number of amides is 2. The van der Waals surface area contributed by atoms with Gasteiger partial charge >= 0.3 is 6.03 Å².